The number of carbonyl (C=O) groups is 2. The Balaban J connectivity index is 1.43. The Bertz CT molecular complexity index is 1080. The Labute approximate surface area is 171 Å². The van der Waals surface area contributed by atoms with Crippen molar-refractivity contribution in [3.8, 4) is 11.5 Å². The number of rotatable bonds is 3. The van der Waals surface area contributed by atoms with Crippen molar-refractivity contribution >= 4 is 29.3 Å². The number of anilines is 3. The van der Waals surface area contributed by atoms with Crippen LogP contribution in [0.25, 0.3) is 0 Å². The minimum absolute atomic E-state index is 0.128. The van der Waals surface area contributed by atoms with E-state index in [0.717, 1.165) is 25.9 Å². The van der Waals surface area contributed by atoms with Crippen molar-refractivity contribution in [2.75, 3.05) is 41.8 Å². The molecule has 1 aromatic carbocycles. The van der Waals surface area contributed by atoms with E-state index in [9.17, 15) is 14.4 Å². The molecule has 1 atom stereocenters. The number of amides is 2. The van der Waals surface area contributed by atoms with Crippen molar-refractivity contribution in [2.24, 2.45) is 0 Å². The molecule has 3 aliphatic heterocycles. The molecule has 0 radical (unpaired) electrons. The second kappa shape index (κ2) is 7.36. The number of aromatic amines is 1. The van der Waals surface area contributed by atoms with E-state index in [1.165, 1.54) is 0 Å². The van der Waals surface area contributed by atoms with E-state index >= 15 is 0 Å². The first kappa shape index (κ1) is 18.5. The van der Waals surface area contributed by atoms with Gasteiger partial charge in [0.15, 0.2) is 11.5 Å². The lowest BCUT2D eigenvalue weighted by atomic mass is 9.92. The van der Waals surface area contributed by atoms with Gasteiger partial charge in [0.1, 0.15) is 19.0 Å². The van der Waals surface area contributed by atoms with E-state index in [1.54, 1.807) is 18.2 Å². The van der Waals surface area contributed by atoms with Crippen LogP contribution in [0.15, 0.2) is 23.0 Å². The maximum atomic E-state index is 13.0. The first-order valence-electron chi connectivity index (χ1n) is 9.98. The third-order valence-electron chi connectivity index (χ3n) is 5.47. The fourth-order valence-corrected chi connectivity index (χ4v) is 4.01. The molecule has 1 unspecified atom stereocenters. The van der Waals surface area contributed by atoms with Crippen LogP contribution < -0.4 is 30.6 Å². The lowest BCUT2D eigenvalue weighted by molar-refractivity contribution is -0.123. The summed E-state index contributed by atoms with van der Waals surface area (Å²) in [6.45, 7) is 2.50. The number of nitrogens with zero attached hydrogens (tertiary/aromatic N) is 2. The van der Waals surface area contributed by atoms with Crippen LogP contribution in [0.1, 0.15) is 30.7 Å². The highest BCUT2D eigenvalue weighted by atomic mass is 16.6. The van der Waals surface area contributed by atoms with Crippen LogP contribution in [0.4, 0.5) is 17.5 Å². The first-order chi connectivity index (χ1) is 14.6. The van der Waals surface area contributed by atoms with Crippen LogP contribution in [0.2, 0.25) is 0 Å². The number of hydrogen-bond donors (Lipinski definition) is 3. The normalized spacial score (nSPS) is 19.8. The summed E-state index contributed by atoms with van der Waals surface area (Å²) in [5.41, 5.74) is 0.256. The predicted molar refractivity (Wildman–Crippen MR) is 108 cm³/mol. The highest BCUT2D eigenvalue weighted by molar-refractivity contribution is 6.04. The number of ether oxygens (including phenoxy) is 2. The molecule has 30 heavy (non-hydrogen) atoms. The number of H-pyrrole nitrogens is 1. The molecule has 0 bridgehead atoms. The molecule has 0 spiro atoms. The monoisotopic (exact) mass is 411 g/mol. The van der Waals surface area contributed by atoms with Gasteiger partial charge in [-0.05, 0) is 25.0 Å². The number of nitrogens with one attached hydrogen (secondary N) is 3. The van der Waals surface area contributed by atoms with Gasteiger partial charge in [-0.1, -0.05) is 0 Å². The van der Waals surface area contributed by atoms with Crippen LogP contribution in [0.5, 0.6) is 11.5 Å². The number of benzene rings is 1. The van der Waals surface area contributed by atoms with Crippen LogP contribution >= 0.6 is 0 Å². The topological polar surface area (TPSA) is 126 Å². The molecule has 4 heterocycles. The summed E-state index contributed by atoms with van der Waals surface area (Å²) in [6, 6.07) is 5.06. The van der Waals surface area contributed by atoms with Gasteiger partial charge in [0.2, 0.25) is 17.8 Å². The van der Waals surface area contributed by atoms with Crippen molar-refractivity contribution in [1.29, 1.82) is 0 Å². The van der Waals surface area contributed by atoms with E-state index in [1.807, 2.05) is 4.90 Å². The lowest BCUT2D eigenvalue weighted by Crippen LogP contribution is -2.37. The fourth-order valence-electron chi connectivity index (χ4n) is 4.01. The summed E-state index contributed by atoms with van der Waals surface area (Å²) in [7, 11) is 0. The maximum Gasteiger partial charge on any atom is 0.258 e. The third kappa shape index (κ3) is 3.34. The molecule has 2 aromatic rings. The molecule has 2 amide bonds. The molecule has 5 rings (SSSR count). The van der Waals surface area contributed by atoms with Crippen molar-refractivity contribution in [2.45, 2.75) is 25.2 Å². The quantitative estimate of drug-likeness (QED) is 0.693. The Hall–Kier alpha value is -3.56. The van der Waals surface area contributed by atoms with Gasteiger partial charge in [0.25, 0.3) is 5.56 Å². The van der Waals surface area contributed by atoms with E-state index in [0.29, 0.717) is 36.3 Å². The third-order valence-corrected chi connectivity index (χ3v) is 5.47. The highest BCUT2D eigenvalue weighted by Gasteiger charge is 2.35. The molecule has 1 saturated heterocycles. The summed E-state index contributed by atoms with van der Waals surface area (Å²) in [6.07, 6.45) is 1.92. The first-order valence-corrected chi connectivity index (χ1v) is 9.98. The molecule has 156 valence electrons. The molecule has 3 aliphatic rings. The van der Waals surface area contributed by atoms with Gasteiger partial charge in [-0.25, -0.2) is 0 Å². The number of aromatic nitrogens is 2. The molecular weight excluding hydrogens is 390 g/mol. The summed E-state index contributed by atoms with van der Waals surface area (Å²) < 4.78 is 11.0. The van der Waals surface area contributed by atoms with Gasteiger partial charge >= 0.3 is 0 Å². The van der Waals surface area contributed by atoms with E-state index < -0.39 is 17.4 Å². The van der Waals surface area contributed by atoms with E-state index in [-0.39, 0.29) is 23.7 Å². The van der Waals surface area contributed by atoms with Gasteiger partial charge < -0.3 is 25.0 Å². The molecule has 3 N–H and O–H groups in total. The molecule has 0 aliphatic carbocycles. The molecule has 10 heteroatoms. The molecule has 1 fully saturated rings. The zero-order chi connectivity index (χ0) is 20.7. The number of carbonyl (C=O) groups excluding carboxylic acids is 2. The van der Waals surface area contributed by atoms with Gasteiger partial charge in [-0.15, -0.1) is 0 Å². The largest absolute Gasteiger partial charge is 0.486 e. The Morgan fingerprint density at radius 2 is 1.90 bits per heavy atom. The van der Waals surface area contributed by atoms with Crippen LogP contribution in [-0.2, 0) is 9.59 Å². The lowest BCUT2D eigenvalue weighted by Gasteiger charge is -2.25. The van der Waals surface area contributed by atoms with Gasteiger partial charge in [-0.3, -0.25) is 19.4 Å². The minimum atomic E-state index is -0.939. The number of hydrogen-bond acceptors (Lipinski definition) is 7. The van der Waals surface area contributed by atoms with Crippen LogP contribution in [0, 0.1) is 0 Å². The molecule has 10 nitrogen and oxygen atoms in total. The maximum absolute atomic E-state index is 13.0. The van der Waals surface area contributed by atoms with E-state index in [4.69, 9.17) is 9.47 Å². The Morgan fingerprint density at radius 1 is 1.13 bits per heavy atom. The zero-order valence-electron chi connectivity index (χ0n) is 16.2. The minimum Gasteiger partial charge on any atom is -0.486 e. The SMILES string of the molecule is O=C1CC(C(=O)Nc2ccc3c(c2)OCCO3)c2c(nc(N3CCCC3)[nH]c2=O)N1. The highest BCUT2D eigenvalue weighted by Crippen LogP contribution is 2.34. The van der Waals surface area contributed by atoms with Crippen molar-refractivity contribution in [1.82, 2.24) is 9.97 Å². The van der Waals surface area contributed by atoms with E-state index in [2.05, 4.69) is 20.6 Å². The number of fused-ring (bicyclic) bond motifs is 2. The zero-order valence-corrected chi connectivity index (χ0v) is 16.2. The summed E-state index contributed by atoms with van der Waals surface area (Å²) in [5, 5.41) is 5.42. The van der Waals surface area contributed by atoms with Gasteiger partial charge in [0.05, 0.1) is 11.5 Å². The van der Waals surface area contributed by atoms with Gasteiger partial charge in [0, 0.05) is 31.3 Å². The summed E-state index contributed by atoms with van der Waals surface area (Å²) in [4.78, 5) is 47.2. The van der Waals surface area contributed by atoms with Crippen molar-refractivity contribution in [3.05, 3.63) is 34.1 Å². The Kier molecular flexibility index (Phi) is 4.53. The molecule has 0 saturated carbocycles. The van der Waals surface area contributed by atoms with Crippen molar-refractivity contribution in [3.63, 3.8) is 0 Å². The molecule has 1 aromatic heterocycles. The summed E-state index contributed by atoms with van der Waals surface area (Å²) >= 11 is 0. The van der Waals surface area contributed by atoms with Gasteiger partial charge in [-0.2, -0.15) is 4.98 Å². The predicted octanol–water partition coefficient (Wildman–Crippen LogP) is 1.21. The average molecular weight is 411 g/mol. The average Bonchev–Trinajstić information content (AvgIpc) is 3.27. The second-order valence-electron chi connectivity index (χ2n) is 7.50. The van der Waals surface area contributed by atoms with Crippen LogP contribution in [-0.4, -0.2) is 48.1 Å². The van der Waals surface area contributed by atoms with Crippen molar-refractivity contribution < 1.29 is 19.1 Å². The fraction of sp³-hybridized carbons (Fsp3) is 0.400. The molecular formula is C20H21N5O5. The summed E-state index contributed by atoms with van der Waals surface area (Å²) in [5.74, 6) is -0.0267. The Morgan fingerprint density at radius 3 is 2.70 bits per heavy atom. The van der Waals surface area contributed by atoms with Crippen LogP contribution in [0.3, 0.4) is 0 Å². The smallest absolute Gasteiger partial charge is 0.258 e. The second-order valence-corrected chi connectivity index (χ2v) is 7.50. The standard InChI is InChI=1S/C20H21N5O5/c26-15-10-12(18(27)21-11-3-4-13-14(9-11)30-8-7-29-13)16-17(22-15)23-20(24-19(16)28)25-5-1-2-6-25/h3-4,9,12H,1-2,5-8,10H2,(H,21,27)(H2,22,23,24,26,28).